The maximum Gasteiger partial charge on any atom is 0.338 e. The Labute approximate surface area is 197 Å². The van der Waals surface area contributed by atoms with Crippen molar-refractivity contribution >= 4 is 27.6 Å². The van der Waals surface area contributed by atoms with E-state index in [4.69, 9.17) is 4.74 Å². The molecule has 0 aliphatic carbocycles. The second-order valence-electron chi connectivity index (χ2n) is 9.98. The Morgan fingerprint density at radius 1 is 0.970 bits per heavy atom. The molecule has 8 nitrogen and oxygen atoms in total. The maximum absolute atomic E-state index is 13.6. The van der Waals surface area contributed by atoms with E-state index in [9.17, 15) is 18.0 Å². The number of rotatable bonds is 6. The van der Waals surface area contributed by atoms with Crippen molar-refractivity contribution < 1.29 is 22.7 Å². The predicted octanol–water partition coefficient (Wildman–Crippen LogP) is 3.31. The fourth-order valence-electron chi connectivity index (χ4n) is 4.24. The van der Waals surface area contributed by atoms with E-state index in [0.717, 1.165) is 51.6 Å². The molecule has 33 heavy (non-hydrogen) atoms. The van der Waals surface area contributed by atoms with Gasteiger partial charge in [-0.05, 0) is 78.0 Å². The molecule has 2 aliphatic rings. The summed E-state index contributed by atoms with van der Waals surface area (Å²) in [4.78, 5) is 27.4. The molecule has 9 heteroatoms. The van der Waals surface area contributed by atoms with E-state index < -0.39 is 33.5 Å². The fourth-order valence-corrected chi connectivity index (χ4v) is 6.00. The van der Waals surface area contributed by atoms with Gasteiger partial charge in [-0.25, -0.2) is 13.2 Å². The van der Waals surface area contributed by atoms with Crippen molar-refractivity contribution in [3.63, 3.8) is 0 Å². The topological polar surface area (TPSA) is 96.0 Å². The van der Waals surface area contributed by atoms with Crippen LogP contribution < -0.4 is 10.2 Å². The van der Waals surface area contributed by atoms with Gasteiger partial charge >= 0.3 is 5.97 Å². The number of amides is 1. The highest BCUT2D eigenvalue weighted by Gasteiger charge is 2.32. The zero-order valence-corrected chi connectivity index (χ0v) is 21.0. The van der Waals surface area contributed by atoms with Gasteiger partial charge in [-0.1, -0.05) is 6.42 Å². The lowest BCUT2D eigenvalue weighted by atomic mass is 10.1. The Balaban J connectivity index is 1.89. The van der Waals surface area contributed by atoms with Gasteiger partial charge in [0.05, 0.1) is 11.3 Å². The first-order valence-corrected chi connectivity index (χ1v) is 13.4. The Bertz CT molecular complexity index is 959. The number of hydrogen-bond acceptors (Lipinski definition) is 6. The summed E-state index contributed by atoms with van der Waals surface area (Å²) in [5.41, 5.74) is 0.306. The van der Waals surface area contributed by atoms with Crippen molar-refractivity contribution in [3.8, 4) is 0 Å². The molecule has 1 N–H and O–H groups in total. The van der Waals surface area contributed by atoms with Gasteiger partial charge in [0.25, 0.3) is 5.91 Å². The summed E-state index contributed by atoms with van der Waals surface area (Å²) < 4.78 is 34.1. The highest BCUT2D eigenvalue weighted by molar-refractivity contribution is 7.89. The molecule has 0 saturated carbocycles. The van der Waals surface area contributed by atoms with Gasteiger partial charge in [-0.2, -0.15) is 4.31 Å². The van der Waals surface area contributed by atoms with Crippen molar-refractivity contribution in [3.05, 3.63) is 23.8 Å². The minimum absolute atomic E-state index is 0.127. The van der Waals surface area contributed by atoms with Crippen molar-refractivity contribution in [1.29, 1.82) is 0 Å². The van der Waals surface area contributed by atoms with Crippen LogP contribution in [0.1, 0.15) is 76.6 Å². The molecule has 0 unspecified atom stereocenters. The molecular weight excluding hydrogens is 442 g/mol. The molecule has 1 amide bonds. The van der Waals surface area contributed by atoms with Crippen LogP contribution in [0.4, 0.5) is 5.69 Å². The van der Waals surface area contributed by atoms with Crippen LogP contribution in [0, 0.1) is 0 Å². The summed E-state index contributed by atoms with van der Waals surface area (Å²) in [5.74, 6) is -1.12. The maximum atomic E-state index is 13.6. The molecule has 3 rings (SSSR count). The number of piperidine rings is 2. The number of carbonyl (C=O) groups excluding carboxylic acids is 2. The van der Waals surface area contributed by atoms with Crippen LogP contribution >= 0.6 is 0 Å². The van der Waals surface area contributed by atoms with Crippen LogP contribution in [0.15, 0.2) is 23.1 Å². The minimum atomic E-state index is -3.76. The smallest absolute Gasteiger partial charge is 0.338 e. The van der Waals surface area contributed by atoms with Gasteiger partial charge < -0.3 is 15.0 Å². The molecule has 2 saturated heterocycles. The van der Waals surface area contributed by atoms with Crippen molar-refractivity contribution in [2.24, 2.45) is 0 Å². The highest BCUT2D eigenvalue weighted by atomic mass is 32.2. The van der Waals surface area contributed by atoms with Crippen molar-refractivity contribution in [1.82, 2.24) is 9.62 Å². The molecule has 1 aromatic carbocycles. The lowest BCUT2D eigenvalue weighted by molar-refractivity contribution is -0.130. The molecule has 2 heterocycles. The summed E-state index contributed by atoms with van der Waals surface area (Å²) in [6.07, 6.45) is 4.83. The van der Waals surface area contributed by atoms with E-state index >= 15 is 0 Å². The van der Waals surface area contributed by atoms with Crippen LogP contribution in [0.3, 0.4) is 0 Å². The first-order chi connectivity index (χ1) is 15.5. The number of ether oxygens (including phenoxy) is 1. The second-order valence-corrected chi connectivity index (χ2v) is 11.9. The second kappa shape index (κ2) is 10.4. The molecule has 2 fully saturated rings. The van der Waals surface area contributed by atoms with Crippen LogP contribution in [0.2, 0.25) is 0 Å². The number of nitrogens with one attached hydrogen (secondary N) is 1. The molecule has 0 spiro atoms. The lowest BCUT2D eigenvalue weighted by Gasteiger charge is -2.33. The normalized spacial score (nSPS) is 19.1. The number of hydrogen-bond donors (Lipinski definition) is 1. The van der Waals surface area contributed by atoms with Crippen LogP contribution in [-0.2, 0) is 19.6 Å². The largest absolute Gasteiger partial charge is 0.449 e. The number of carbonyl (C=O) groups is 2. The summed E-state index contributed by atoms with van der Waals surface area (Å²) in [6, 6.07) is 4.72. The molecule has 2 aliphatic heterocycles. The summed E-state index contributed by atoms with van der Waals surface area (Å²) in [6.45, 7) is 9.59. The Kier molecular flexibility index (Phi) is 8.05. The van der Waals surface area contributed by atoms with Crippen LogP contribution in [0.25, 0.3) is 0 Å². The molecular formula is C24H37N3O5S. The molecule has 184 valence electrons. The van der Waals surface area contributed by atoms with Crippen LogP contribution in [-0.4, -0.2) is 62.4 Å². The van der Waals surface area contributed by atoms with Crippen molar-refractivity contribution in [2.45, 2.75) is 82.8 Å². The molecule has 0 radical (unpaired) electrons. The van der Waals surface area contributed by atoms with Gasteiger partial charge in [-0.15, -0.1) is 0 Å². The fraction of sp³-hybridized carbons (Fsp3) is 0.667. The van der Waals surface area contributed by atoms with Crippen molar-refractivity contribution in [2.75, 3.05) is 31.1 Å². The van der Waals surface area contributed by atoms with E-state index in [0.29, 0.717) is 18.8 Å². The van der Waals surface area contributed by atoms with Gasteiger partial charge in [0.1, 0.15) is 4.90 Å². The summed E-state index contributed by atoms with van der Waals surface area (Å²) >= 11 is 0. The van der Waals surface area contributed by atoms with Gasteiger partial charge in [0.2, 0.25) is 10.0 Å². The highest BCUT2D eigenvalue weighted by Crippen LogP contribution is 2.32. The van der Waals surface area contributed by atoms with Gasteiger partial charge in [0, 0.05) is 31.7 Å². The van der Waals surface area contributed by atoms with E-state index in [2.05, 4.69) is 10.2 Å². The Morgan fingerprint density at radius 2 is 1.55 bits per heavy atom. The molecule has 1 atom stereocenters. The average Bonchev–Trinajstić information content (AvgIpc) is 2.78. The van der Waals surface area contributed by atoms with Gasteiger partial charge in [0.15, 0.2) is 6.10 Å². The number of anilines is 1. The first kappa shape index (κ1) is 25.5. The van der Waals surface area contributed by atoms with E-state index in [-0.39, 0.29) is 10.5 Å². The zero-order valence-electron chi connectivity index (χ0n) is 20.2. The SMILES string of the molecule is C[C@@H](OC(=O)c1ccc(N2CCCCC2)c(S(=O)(=O)N2CCCCC2)c1)C(=O)NC(C)(C)C. The molecule has 1 aromatic rings. The van der Waals surface area contributed by atoms with E-state index in [1.165, 1.54) is 17.3 Å². The number of esters is 1. The zero-order chi connectivity index (χ0) is 24.2. The minimum Gasteiger partial charge on any atom is -0.449 e. The number of benzene rings is 1. The first-order valence-electron chi connectivity index (χ1n) is 11.9. The number of sulfonamides is 1. The Hall–Kier alpha value is -2.13. The third-order valence-corrected chi connectivity index (χ3v) is 7.90. The van der Waals surface area contributed by atoms with Crippen LogP contribution in [0.5, 0.6) is 0 Å². The van der Waals surface area contributed by atoms with E-state index in [1.54, 1.807) is 12.1 Å². The van der Waals surface area contributed by atoms with E-state index in [1.807, 2.05) is 20.8 Å². The number of nitrogens with zero attached hydrogens (tertiary/aromatic N) is 2. The predicted molar refractivity (Wildman–Crippen MR) is 128 cm³/mol. The average molecular weight is 480 g/mol. The standard InChI is InChI=1S/C24H37N3O5S/c1-18(22(28)25-24(2,3)4)32-23(29)19-11-12-20(26-13-7-5-8-14-26)21(17-19)33(30,31)27-15-9-6-10-16-27/h11-12,17-18H,5-10,13-16H2,1-4H3,(H,25,28)/t18-/m1/s1. The summed E-state index contributed by atoms with van der Waals surface area (Å²) in [7, 11) is -3.76. The monoisotopic (exact) mass is 479 g/mol. The third kappa shape index (κ3) is 6.47. The Morgan fingerprint density at radius 3 is 2.12 bits per heavy atom. The molecule has 0 aromatic heterocycles. The molecule has 0 bridgehead atoms. The summed E-state index contributed by atoms with van der Waals surface area (Å²) in [5, 5.41) is 2.78. The lowest BCUT2D eigenvalue weighted by Crippen LogP contribution is -2.46. The van der Waals surface area contributed by atoms with Gasteiger partial charge in [-0.3, -0.25) is 4.79 Å². The third-order valence-electron chi connectivity index (χ3n) is 5.98. The quantitative estimate of drug-likeness (QED) is 0.629.